The van der Waals surface area contributed by atoms with Gasteiger partial charge in [-0.15, -0.1) is 0 Å². The number of methoxy groups -OCH3 is 1. The lowest BCUT2D eigenvalue weighted by molar-refractivity contribution is -0.251. The highest BCUT2D eigenvalue weighted by Crippen LogP contribution is 2.72. The van der Waals surface area contributed by atoms with Gasteiger partial charge in [-0.1, -0.05) is 18.6 Å². The van der Waals surface area contributed by atoms with Crippen LogP contribution in [0.2, 0.25) is 0 Å². The third-order valence-corrected chi connectivity index (χ3v) is 9.41. The first-order chi connectivity index (χ1) is 15.8. The summed E-state index contributed by atoms with van der Waals surface area (Å²) < 4.78 is 22.5. The Labute approximate surface area is 199 Å². The van der Waals surface area contributed by atoms with Gasteiger partial charge in [0.15, 0.2) is 5.78 Å². The van der Waals surface area contributed by atoms with Gasteiger partial charge in [-0.3, -0.25) is 19.2 Å². The van der Waals surface area contributed by atoms with Crippen LogP contribution in [0.15, 0.2) is 22.8 Å². The second-order valence-electron chi connectivity index (χ2n) is 11.4. The number of esters is 3. The number of allylic oxidation sites excluding steroid dienone is 2. The van der Waals surface area contributed by atoms with Gasteiger partial charge in [0, 0.05) is 5.41 Å². The number of hydrogen-bond acceptors (Lipinski definition) is 8. The van der Waals surface area contributed by atoms with Crippen LogP contribution in [-0.4, -0.2) is 48.8 Å². The molecule has 0 bridgehead atoms. The molecule has 0 amide bonds. The summed E-state index contributed by atoms with van der Waals surface area (Å²) in [5.41, 5.74) is -1.91. The zero-order chi connectivity index (χ0) is 25.0. The fourth-order valence-electron chi connectivity index (χ4n) is 7.81. The van der Waals surface area contributed by atoms with Crippen molar-refractivity contribution in [3.05, 3.63) is 22.8 Å². The smallest absolute Gasteiger partial charge is 0.320 e. The molecule has 34 heavy (non-hydrogen) atoms. The third kappa shape index (κ3) is 2.47. The number of ketones is 1. The van der Waals surface area contributed by atoms with Crippen LogP contribution in [0.5, 0.6) is 0 Å². The normalized spacial score (nSPS) is 44.7. The Morgan fingerprint density at radius 1 is 1.15 bits per heavy atom. The van der Waals surface area contributed by atoms with Crippen molar-refractivity contribution < 1.29 is 38.1 Å². The van der Waals surface area contributed by atoms with Gasteiger partial charge in [-0.2, -0.15) is 0 Å². The third-order valence-electron chi connectivity index (χ3n) is 9.41. The molecule has 5 aliphatic rings. The summed E-state index contributed by atoms with van der Waals surface area (Å²) in [5.74, 6) is -3.00. The van der Waals surface area contributed by atoms with Crippen molar-refractivity contribution in [1.29, 1.82) is 0 Å². The standard InChI is InChI=1S/C26H32O8/c1-12-14-10-17(27)34-23(3,4)15(14)8-9-25(6)16(12)11-24(5)18-20(33-21(24)29)32-13(2)19(28)26(18,25)22(30)31-7/h8,13,16,18,20H,9-11H2,1-7H3. The van der Waals surface area contributed by atoms with Crippen molar-refractivity contribution in [3.63, 3.8) is 0 Å². The van der Waals surface area contributed by atoms with E-state index >= 15 is 0 Å². The van der Waals surface area contributed by atoms with Gasteiger partial charge in [-0.05, 0) is 64.5 Å². The fourth-order valence-corrected chi connectivity index (χ4v) is 7.81. The first-order valence-corrected chi connectivity index (χ1v) is 11.9. The summed E-state index contributed by atoms with van der Waals surface area (Å²) in [6.45, 7) is 10.9. The minimum Gasteiger partial charge on any atom is -0.468 e. The predicted octanol–water partition coefficient (Wildman–Crippen LogP) is 3.04. The number of hydrogen-bond donors (Lipinski definition) is 0. The number of fused-ring (bicyclic) bond motifs is 3. The van der Waals surface area contributed by atoms with Crippen molar-refractivity contribution in [1.82, 2.24) is 0 Å². The molecule has 0 radical (unpaired) electrons. The first-order valence-electron chi connectivity index (χ1n) is 11.9. The highest BCUT2D eigenvalue weighted by molar-refractivity contribution is 6.09. The Morgan fingerprint density at radius 3 is 2.47 bits per heavy atom. The molecule has 5 rings (SSSR count). The molecule has 0 spiro atoms. The predicted molar refractivity (Wildman–Crippen MR) is 118 cm³/mol. The molecule has 3 heterocycles. The molecule has 0 aromatic carbocycles. The lowest BCUT2D eigenvalue weighted by Crippen LogP contribution is -2.72. The van der Waals surface area contributed by atoms with Crippen LogP contribution in [0.1, 0.15) is 60.8 Å². The summed E-state index contributed by atoms with van der Waals surface area (Å²) in [5, 5.41) is 0. The van der Waals surface area contributed by atoms with E-state index in [9.17, 15) is 19.2 Å². The molecule has 3 saturated heterocycles. The molecule has 1 saturated carbocycles. The van der Waals surface area contributed by atoms with E-state index in [1.54, 1.807) is 13.8 Å². The quantitative estimate of drug-likeness (QED) is 0.326. The molecule has 8 nitrogen and oxygen atoms in total. The second kappa shape index (κ2) is 6.80. The number of ether oxygens (including phenoxy) is 4. The van der Waals surface area contributed by atoms with Gasteiger partial charge in [-0.25, -0.2) is 0 Å². The monoisotopic (exact) mass is 472 g/mol. The zero-order valence-corrected chi connectivity index (χ0v) is 20.8. The average Bonchev–Trinajstić information content (AvgIpc) is 2.93. The molecule has 2 aliphatic carbocycles. The maximum Gasteiger partial charge on any atom is 0.320 e. The van der Waals surface area contributed by atoms with E-state index < -0.39 is 52.1 Å². The Hall–Kier alpha value is -2.48. The number of cyclic esters (lactones) is 1. The molecular formula is C26H32O8. The zero-order valence-electron chi connectivity index (χ0n) is 20.8. The molecule has 4 fully saturated rings. The van der Waals surface area contributed by atoms with E-state index in [1.165, 1.54) is 7.11 Å². The van der Waals surface area contributed by atoms with Crippen molar-refractivity contribution >= 4 is 23.7 Å². The Morgan fingerprint density at radius 2 is 1.82 bits per heavy atom. The largest absolute Gasteiger partial charge is 0.468 e. The van der Waals surface area contributed by atoms with Gasteiger partial charge < -0.3 is 18.9 Å². The highest BCUT2D eigenvalue weighted by Gasteiger charge is 2.81. The fraction of sp³-hybridized carbons (Fsp3) is 0.692. The van der Waals surface area contributed by atoms with Crippen LogP contribution < -0.4 is 0 Å². The summed E-state index contributed by atoms with van der Waals surface area (Å²) in [6, 6.07) is 0. The van der Waals surface area contributed by atoms with E-state index in [-0.39, 0.29) is 24.1 Å². The van der Waals surface area contributed by atoms with E-state index in [4.69, 9.17) is 18.9 Å². The minimum absolute atomic E-state index is 0.111. The van der Waals surface area contributed by atoms with Crippen LogP contribution in [0.25, 0.3) is 0 Å². The van der Waals surface area contributed by atoms with Gasteiger partial charge in [0.1, 0.15) is 17.1 Å². The molecule has 184 valence electrons. The number of rotatable bonds is 1. The molecule has 7 unspecified atom stereocenters. The van der Waals surface area contributed by atoms with Gasteiger partial charge in [0.25, 0.3) is 0 Å². The maximum absolute atomic E-state index is 14.1. The molecular weight excluding hydrogens is 440 g/mol. The van der Waals surface area contributed by atoms with Crippen molar-refractivity contribution in [3.8, 4) is 0 Å². The molecule has 7 atom stereocenters. The van der Waals surface area contributed by atoms with E-state index in [0.29, 0.717) is 12.8 Å². The molecule has 0 aromatic rings. The van der Waals surface area contributed by atoms with Crippen LogP contribution in [-0.2, 0) is 38.1 Å². The molecule has 0 aromatic heterocycles. The maximum atomic E-state index is 14.1. The van der Waals surface area contributed by atoms with Crippen LogP contribution in [0, 0.1) is 28.1 Å². The molecule has 3 aliphatic heterocycles. The SMILES string of the molecule is COC(=O)C12C(=O)C(C)OC3OC(=O)C(C)(CC4C(C)=C5CC(=O)OC(C)(C)C5=CCC41C)C32. The number of carbonyl (C=O) groups is 4. The van der Waals surface area contributed by atoms with E-state index in [1.807, 2.05) is 33.8 Å². The number of Topliss-reactive ketones (excluding diaryl/α,β-unsaturated/α-hetero) is 1. The van der Waals surface area contributed by atoms with Crippen LogP contribution >= 0.6 is 0 Å². The molecule has 8 heteroatoms. The summed E-state index contributed by atoms with van der Waals surface area (Å²) in [4.78, 5) is 53.7. The van der Waals surface area contributed by atoms with Gasteiger partial charge in [0.05, 0.1) is 24.9 Å². The topological polar surface area (TPSA) is 105 Å². The summed E-state index contributed by atoms with van der Waals surface area (Å²) in [6.07, 6.45) is 0.918. The Kier molecular flexibility index (Phi) is 4.66. The lowest BCUT2D eigenvalue weighted by Gasteiger charge is -2.61. The first kappa shape index (κ1) is 23.3. The Bertz CT molecular complexity index is 1100. The Balaban J connectivity index is 1.84. The van der Waals surface area contributed by atoms with Crippen LogP contribution in [0.4, 0.5) is 0 Å². The summed E-state index contributed by atoms with van der Waals surface area (Å²) >= 11 is 0. The van der Waals surface area contributed by atoms with E-state index in [2.05, 4.69) is 0 Å². The van der Waals surface area contributed by atoms with E-state index in [0.717, 1.165) is 16.7 Å². The lowest BCUT2D eigenvalue weighted by atomic mass is 9.39. The van der Waals surface area contributed by atoms with Crippen LogP contribution in [0.3, 0.4) is 0 Å². The molecule has 0 N–H and O–H groups in total. The van der Waals surface area contributed by atoms with Crippen molar-refractivity contribution in [2.24, 2.45) is 28.1 Å². The average molecular weight is 473 g/mol. The second-order valence-corrected chi connectivity index (χ2v) is 11.4. The van der Waals surface area contributed by atoms with Gasteiger partial charge >= 0.3 is 17.9 Å². The minimum atomic E-state index is -1.66. The van der Waals surface area contributed by atoms with Crippen molar-refractivity contribution in [2.75, 3.05) is 7.11 Å². The van der Waals surface area contributed by atoms with Gasteiger partial charge in [0.2, 0.25) is 6.29 Å². The van der Waals surface area contributed by atoms with Crippen molar-refractivity contribution in [2.45, 2.75) is 78.8 Å². The summed E-state index contributed by atoms with van der Waals surface area (Å²) in [7, 11) is 1.28. The highest BCUT2D eigenvalue weighted by atomic mass is 16.7. The number of carbonyl (C=O) groups excluding carboxylic acids is 4.